The number of thiocarbonyl (C=S) groups is 1. The van der Waals surface area contributed by atoms with Crippen LogP contribution >= 0.6 is 23.8 Å². The van der Waals surface area contributed by atoms with E-state index in [1.807, 2.05) is 50.2 Å². The molecule has 0 aliphatic carbocycles. The van der Waals surface area contributed by atoms with E-state index in [1.54, 1.807) is 0 Å². The van der Waals surface area contributed by atoms with Crippen LogP contribution in [0.15, 0.2) is 36.4 Å². The average Bonchev–Trinajstić information content (AvgIpc) is 2.34. The molecule has 0 saturated carbocycles. The van der Waals surface area contributed by atoms with Crippen molar-refractivity contribution in [1.82, 2.24) is 0 Å². The van der Waals surface area contributed by atoms with Gasteiger partial charge in [-0.3, -0.25) is 0 Å². The zero-order valence-corrected chi connectivity index (χ0v) is 12.4. The van der Waals surface area contributed by atoms with Crippen molar-refractivity contribution in [2.24, 2.45) is 5.73 Å². The summed E-state index contributed by atoms with van der Waals surface area (Å²) in [6.07, 6.45) is 0. The summed E-state index contributed by atoms with van der Waals surface area (Å²) < 4.78 is 0. The first-order chi connectivity index (χ1) is 8.99. The molecule has 2 aromatic carbocycles. The SMILES string of the molecule is Cc1cc(Nc2cccc(Cl)c2C)ccc1C(N)=S. The molecule has 0 saturated heterocycles. The Hall–Kier alpha value is -1.58. The van der Waals surface area contributed by atoms with Crippen molar-refractivity contribution in [3.05, 3.63) is 58.1 Å². The lowest BCUT2D eigenvalue weighted by atomic mass is 10.1. The van der Waals surface area contributed by atoms with E-state index in [1.165, 1.54) is 0 Å². The molecule has 0 bridgehead atoms. The van der Waals surface area contributed by atoms with Crippen molar-refractivity contribution in [1.29, 1.82) is 0 Å². The predicted octanol–water partition coefficient (Wildman–Crippen LogP) is 4.33. The second-order valence-corrected chi connectivity index (χ2v) is 5.28. The van der Waals surface area contributed by atoms with Gasteiger partial charge in [-0.2, -0.15) is 0 Å². The Morgan fingerprint density at radius 2 is 1.95 bits per heavy atom. The number of nitrogens with one attached hydrogen (secondary N) is 1. The molecule has 19 heavy (non-hydrogen) atoms. The maximum Gasteiger partial charge on any atom is 0.104 e. The molecule has 0 aromatic heterocycles. The van der Waals surface area contributed by atoms with E-state index in [-0.39, 0.29) is 0 Å². The van der Waals surface area contributed by atoms with E-state index < -0.39 is 0 Å². The molecule has 0 radical (unpaired) electrons. The first kappa shape index (κ1) is 13.8. The van der Waals surface area contributed by atoms with Crippen molar-refractivity contribution in [3.63, 3.8) is 0 Å². The van der Waals surface area contributed by atoms with Crippen LogP contribution in [0.25, 0.3) is 0 Å². The van der Waals surface area contributed by atoms with Gasteiger partial charge < -0.3 is 11.1 Å². The first-order valence-electron chi connectivity index (χ1n) is 5.91. The summed E-state index contributed by atoms with van der Waals surface area (Å²) >= 11 is 11.1. The minimum Gasteiger partial charge on any atom is -0.389 e. The highest BCUT2D eigenvalue weighted by Gasteiger charge is 2.05. The van der Waals surface area contributed by atoms with E-state index >= 15 is 0 Å². The standard InChI is InChI=1S/C15H15ClN2S/c1-9-8-11(6-7-12(9)15(17)19)18-14-5-3-4-13(16)10(14)2/h3-8,18H,1-2H3,(H2,17,19). The minimum absolute atomic E-state index is 0.419. The number of nitrogens with two attached hydrogens (primary N) is 1. The van der Waals surface area contributed by atoms with Crippen LogP contribution in [-0.2, 0) is 0 Å². The molecule has 0 aliphatic rings. The van der Waals surface area contributed by atoms with Crippen molar-refractivity contribution in [3.8, 4) is 0 Å². The van der Waals surface area contributed by atoms with E-state index in [9.17, 15) is 0 Å². The highest BCUT2D eigenvalue weighted by molar-refractivity contribution is 7.80. The average molecular weight is 291 g/mol. The van der Waals surface area contributed by atoms with Gasteiger partial charge in [-0.25, -0.2) is 0 Å². The zero-order valence-electron chi connectivity index (χ0n) is 10.8. The molecule has 0 heterocycles. The van der Waals surface area contributed by atoms with Crippen LogP contribution in [0.5, 0.6) is 0 Å². The number of hydrogen-bond acceptors (Lipinski definition) is 2. The first-order valence-corrected chi connectivity index (χ1v) is 6.70. The van der Waals surface area contributed by atoms with Gasteiger partial charge >= 0.3 is 0 Å². The molecule has 0 aliphatic heterocycles. The third-order valence-electron chi connectivity index (χ3n) is 3.04. The highest BCUT2D eigenvalue weighted by Crippen LogP contribution is 2.27. The van der Waals surface area contributed by atoms with E-state index in [4.69, 9.17) is 29.6 Å². The summed E-state index contributed by atoms with van der Waals surface area (Å²) in [7, 11) is 0. The van der Waals surface area contributed by atoms with Crippen LogP contribution in [0, 0.1) is 13.8 Å². The van der Waals surface area contributed by atoms with Crippen molar-refractivity contribution in [2.75, 3.05) is 5.32 Å². The molecule has 2 nitrogen and oxygen atoms in total. The molecule has 3 N–H and O–H groups in total. The fourth-order valence-electron chi connectivity index (χ4n) is 1.92. The number of rotatable bonds is 3. The van der Waals surface area contributed by atoms with Crippen LogP contribution in [0.1, 0.15) is 16.7 Å². The van der Waals surface area contributed by atoms with E-state index in [2.05, 4.69) is 5.32 Å². The lowest BCUT2D eigenvalue weighted by Crippen LogP contribution is -2.11. The van der Waals surface area contributed by atoms with Gasteiger partial charge in [-0.1, -0.05) is 29.9 Å². The zero-order chi connectivity index (χ0) is 14.0. The Morgan fingerprint density at radius 3 is 2.58 bits per heavy atom. The summed E-state index contributed by atoms with van der Waals surface area (Å²) in [5, 5.41) is 4.10. The summed E-state index contributed by atoms with van der Waals surface area (Å²) in [5.41, 5.74) is 10.6. The molecule has 2 aromatic rings. The fourth-order valence-corrected chi connectivity index (χ4v) is 2.32. The van der Waals surface area contributed by atoms with Crippen molar-refractivity contribution >= 4 is 40.2 Å². The molecular weight excluding hydrogens is 276 g/mol. The van der Waals surface area contributed by atoms with Crippen LogP contribution in [0.2, 0.25) is 5.02 Å². The fraction of sp³-hybridized carbons (Fsp3) is 0.133. The largest absolute Gasteiger partial charge is 0.389 e. The third-order valence-corrected chi connectivity index (χ3v) is 3.67. The third kappa shape index (κ3) is 3.06. The number of benzene rings is 2. The predicted molar refractivity (Wildman–Crippen MR) is 86.5 cm³/mol. The summed E-state index contributed by atoms with van der Waals surface area (Å²) in [4.78, 5) is 0.419. The van der Waals surface area contributed by atoms with E-state index in [0.717, 1.165) is 33.1 Å². The molecule has 0 unspecified atom stereocenters. The Morgan fingerprint density at radius 1 is 1.21 bits per heavy atom. The molecule has 0 fully saturated rings. The lowest BCUT2D eigenvalue weighted by molar-refractivity contribution is 1.39. The number of hydrogen-bond donors (Lipinski definition) is 2. The minimum atomic E-state index is 0.419. The van der Waals surface area contributed by atoms with Crippen LogP contribution in [0.4, 0.5) is 11.4 Å². The van der Waals surface area contributed by atoms with Gasteiger partial charge in [0.15, 0.2) is 0 Å². The molecule has 0 spiro atoms. The Kier molecular flexibility index (Phi) is 4.08. The molecular formula is C15H15ClN2S. The summed E-state index contributed by atoms with van der Waals surface area (Å²) in [5.74, 6) is 0. The lowest BCUT2D eigenvalue weighted by Gasteiger charge is -2.12. The van der Waals surface area contributed by atoms with Crippen LogP contribution in [0.3, 0.4) is 0 Å². The topological polar surface area (TPSA) is 38.0 Å². The second-order valence-electron chi connectivity index (χ2n) is 4.43. The van der Waals surface area contributed by atoms with Gasteiger partial charge in [0.1, 0.15) is 4.99 Å². The van der Waals surface area contributed by atoms with Crippen LogP contribution in [-0.4, -0.2) is 4.99 Å². The Labute approximate surface area is 123 Å². The number of anilines is 2. The number of aryl methyl sites for hydroxylation is 1. The van der Waals surface area contributed by atoms with Crippen molar-refractivity contribution < 1.29 is 0 Å². The van der Waals surface area contributed by atoms with Gasteiger partial charge in [0, 0.05) is 22.0 Å². The monoisotopic (exact) mass is 290 g/mol. The maximum absolute atomic E-state index is 6.10. The van der Waals surface area contributed by atoms with Crippen LogP contribution < -0.4 is 11.1 Å². The van der Waals surface area contributed by atoms with E-state index in [0.29, 0.717) is 4.99 Å². The maximum atomic E-state index is 6.10. The van der Waals surface area contributed by atoms with Gasteiger partial charge in [-0.05, 0) is 55.3 Å². The normalized spacial score (nSPS) is 10.3. The smallest absolute Gasteiger partial charge is 0.104 e. The summed E-state index contributed by atoms with van der Waals surface area (Å²) in [6.45, 7) is 3.98. The van der Waals surface area contributed by atoms with Gasteiger partial charge in [0.05, 0.1) is 0 Å². The molecule has 2 rings (SSSR count). The molecule has 0 atom stereocenters. The Balaban J connectivity index is 2.32. The number of halogens is 1. The van der Waals surface area contributed by atoms with Gasteiger partial charge in [-0.15, -0.1) is 0 Å². The van der Waals surface area contributed by atoms with Crippen molar-refractivity contribution in [2.45, 2.75) is 13.8 Å². The quantitative estimate of drug-likeness (QED) is 0.826. The Bertz CT molecular complexity index is 638. The summed E-state index contributed by atoms with van der Waals surface area (Å²) in [6, 6.07) is 11.7. The molecule has 98 valence electrons. The van der Waals surface area contributed by atoms with Gasteiger partial charge in [0.25, 0.3) is 0 Å². The highest BCUT2D eigenvalue weighted by atomic mass is 35.5. The molecule has 4 heteroatoms. The molecule has 0 amide bonds. The van der Waals surface area contributed by atoms with Gasteiger partial charge in [0.2, 0.25) is 0 Å². The second kappa shape index (κ2) is 5.59.